The minimum atomic E-state index is -0.602. The molecule has 74 valence electrons. The van der Waals surface area contributed by atoms with Crippen LogP contribution in [0.4, 0.5) is 0 Å². The van der Waals surface area contributed by atoms with Crippen LogP contribution < -0.4 is 0 Å². The summed E-state index contributed by atoms with van der Waals surface area (Å²) >= 11 is 0. The molecule has 0 aliphatic carbocycles. The van der Waals surface area contributed by atoms with Crippen molar-refractivity contribution in [1.29, 1.82) is 0 Å². The van der Waals surface area contributed by atoms with E-state index >= 15 is 0 Å². The molecule has 0 aliphatic heterocycles. The largest absolute Gasteiger partial charge is 0.390 e. The molecule has 0 radical (unpaired) electrons. The SMILES string of the molecule is CC(C)C(C)(C(C)C)C(C)(C)O. The molecule has 0 atom stereocenters. The highest BCUT2D eigenvalue weighted by Gasteiger charge is 2.44. The lowest BCUT2D eigenvalue weighted by Gasteiger charge is -2.47. The lowest BCUT2D eigenvalue weighted by atomic mass is 9.61. The Morgan fingerprint density at radius 3 is 1.08 bits per heavy atom. The number of hydrogen-bond acceptors (Lipinski definition) is 1. The summed E-state index contributed by atoms with van der Waals surface area (Å²) in [6.45, 7) is 14.7. The van der Waals surface area contributed by atoms with Crippen molar-refractivity contribution < 1.29 is 5.11 Å². The molecule has 0 amide bonds. The van der Waals surface area contributed by atoms with Crippen molar-refractivity contribution in [2.45, 2.75) is 54.1 Å². The Bertz CT molecular complexity index is 132. The van der Waals surface area contributed by atoms with Crippen LogP contribution in [0.3, 0.4) is 0 Å². The summed E-state index contributed by atoms with van der Waals surface area (Å²) in [5, 5.41) is 10.1. The quantitative estimate of drug-likeness (QED) is 0.693. The van der Waals surface area contributed by atoms with Crippen molar-refractivity contribution in [1.82, 2.24) is 0 Å². The Hall–Kier alpha value is -0.0400. The molecule has 12 heavy (non-hydrogen) atoms. The summed E-state index contributed by atoms with van der Waals surface area (Å²) in [5.41, 5.74) is -0.609. The molecule has 0 spiro atoms. The minimum Gasteiger partial charge on any atom is -0.390 e. The third kappa shape index (κ3) is 1.82. The first-order valence-electron chi connectivity index (χ1n) is 4.86. The fourth-order valence-electron chi connectivity index (χ4n) is 2.08. The minimum absolute atomic E-state index is 0.00694. The zero-order chi connectivity index (χ0) is 10.2. The smallest absolute Gasteiger partial charge is 0.0649 e. The lowest BCUT2D eigenvalue weighted by Crippen LogP contribution is -2.48. The van der Waals surface area contributed by atoms with Crippen LogP contribution >= 0.6 is 0 Å². The Morgan fingerprint density at radius 1 is 0.833 bits per heavy atom. The molecule has 1 nitrogen and oxygen atoms in total. The second kappa shape index (κ2) is 3.37. The van der Waals surface area contributed by atoms with Gasteiger partial charge in [0.15, 0.2) is 0 Å². The van der Waals surface area contributed by atoms with Crippen LogP contribution in [0.5, 0.6) is 0 Å². The lowest BCUT2D eigenvalue weighted by molar-refractivity contribution is -0.0995. The van der Waals surface area contributed by atoms with Gasteiger partial charge in [0.1, 0.15) is 0 Å². The van der Waals surface area contributed by atoms with E-state index in [1.165, 1.54) is 0 Å². The van der Waals surface area contributed by atoms with Gasteiger partial charge in [-0.1, -0.05) is 34.6 Å². The molecular weight excluding hydrogens is 148 g/mol. The Balaban J connectivity index is 4.89. The predicted octanol–water partition coefficient (Wildman–Crippen LogP) is 3.08. The van der Waals surface area contributed by atoms with E-state index in [9.17, 15) is 5.11 Å². The molecular formula is C11H24O. The molecule has 0 rings (SSSR count). The van der Waals surface area contributed by atoms with Crippen molar-refractivity contribution >= 4 is 0 Å². The zero-order valence-corrected chi connectivity index (χ0v) is 9.60. The van der Waals surface area contributed by atoms with Gasteiger partial charge in [-0.05, 0) is 25.7 Å². The highest BCUT2D eigenvalue weighted by molar-refractivity contribution is 4.93. The molecule has 1 heteroatoms. The first-order valence-corrected chi connectivity index (χ1v) is 4.86. The summed E-state index contributed by atoms with van der Waals surface area (Å²) < 4.78 is 0. The van der Waals surface area contributed by atoms with Crippen molar-refractivity contribution in [2.75, 3.05) is 0 Å². The average molecular weight is 172 g/mol. The van der Waals surface area contributed by atoms with Gasteiger partial charge in [0.25, 0.3) is 0 Å². The monoisotopic (exact) mass is 172 g/mol. The average Bonchev–Trinajstić information content (AvgIpc) is 1.82. The van der Waals surface area contributed by atoms with E-state index in [2.05, 4.69) is 34.6 Å². The highest BCUT2D eigenvalue weighted by Crippen LogP contribution is 2.44. The van der Waals surface area contributed by atoms with E-state index in [0.717, 1.165) is 0 Å². The van der Waals surface area contributed by atoms with Crippen molar-refractivity contribution in [2.24, 2.45) is 17.3 Å². The molecule has 0 saturated carbocycles. The Labute approximate surface area is 77.2 Å². The van der Waals surface area contributed by atoms with Crippen LogP contribution in [0.1, 0.15) is 48.5 Å². The van der Waals surface area contributed by atoms with Gasteiger partial charge in [0.05, 0.1) is 5.60 Å². The topological polar surface area (TPSA) is 20.2 Å². The molecule has 0 aliphatic rings. The Morgan fingerprint density at radius 2 is 1.08 bits per heavy atom. The van der Waals surface area contributed by atoms with Gasteiger partial charge >= 0.3 is 0 Å². The maximum Gasteiger partial charge on any atom is 0.0649 e. The van der Waals surface area contributed by atoms with Crippen LogP contribution in [-0.4, -0.2) is 10.7 Å². The summed E-state index contributed by atoms with van der Waals surface area (Å²) in [5.74, 6) is 0.995. The molecule has 0 saturated heterocycles. The van der Waals surface area contributed by atoms with Crippen LogP contribution in [-0.2, 0) is 0 Å². The summed E-state index contributed by atoms with van der Waals surface area (Å²) in [6, 6.07) is 0. The van der Waals surface area contributed by atoms with Crippen LogP contribution in [0.15, 0.2) is 0 Å². The Kier molecular flexibility index (Phi) is 3.36. The normalized spacial score (nSPS) is 14.5. The first kappa shape index (κ1) is 12.0. The number of hydrogen-bond donors (Lipinski definition) is 1. The van der Waals surface area contributed by atoms with Crippen LogP contribution in [0.2, 0.25) is 0 Å². The molecule has 0 unspecified atom stereocenters. The van der Waals surface area contributed by atoms with E-state index < -0.39 is 5.60 Å². The number of aliphatic hydroxyl groups is 1. The van der Waals surface area contributed by atoms with E-state index in [0.29, 0.717) is 11.8 Å². The van der Waals surface area contributed by atoms with Gasteiger partial charge in [-0.2, -0.15) is 0 Å². The van der Waals surface area contributed by atoms with E-state index in [1.54, 1.807) is 0 Å². The maximum absolute atomic E-state index is 10.1. The van der Waals surface area contributed by atoms with Gasteiger partial charge in [-0.15, -0.1) is 0 Å². The number of rotatable bonds is 3. The van der Waals surface area contributed by atoms with Gasteiger partial charge in [0, 0.05) is 5.41 Å². The first-order chi connectivity index (χ1) is 5.14. The van der Waals surface area contributed by atoms with Crippen LogP contribution in [0.25, 0.3) is 0 Å². The van der Waals surface area contributed by atoms with E-state index in [1.807, 2.05) is 13.8 Å². The molecule has 0 aromatic rings. The van der Waals surface area contributed by atoms with Gasteiger partial charge in [0.2, 0.25) is 0 Å². The van der Waals surface area contributed by atoms with E-state index in [4.69, 9.17) is 0 Å². The fraction of sp³-hybridized carbons (Fsp3) is 1.00. The van der Waals surface area contributed by atoms with Crippen molar-refractivity contribution in [3.63, 3.8) is 0 Å². The molecule has 0 bridgehead atoms. The van der Waals surface area contributed by atoms with Gasteiger partial charge in [-0.25, -0.2) is 0 Å². The second-order valence-corrected chi connectivity index (χ2v) is 5.15. The second-order valence-electron chi connectivity index (χ2n) is 5.15. The zero-order valence-electron chi connectivity index (χ0n) is 9.60. The third-order valence-electron chi connectivity index (χ3n) is 3.72. The molecule has 0 aromatic carbocycles. The van der Waals surface area contributed by atoms with Crippen molar-refractivity contribution in [3.05, 3.63) is 0 Å². The maximum atomic E-state index is 10.1. The van der Waals surface area contributed by atoms with Gasteiger partial charge < -0.3 is 5.11 Å². The fourth-order valence-corrected chi connectivity index (χ4v) is 2.08. The molecule has 0 fully saturated rings. The van der Waals surface area contributed by atoms with Gasteiger partial charge in [-0.3, -0.25) is 0 Å². The summed E-state index contributed by atoms with van der Waals surface area (Å²) in [6.07, 6.45) is 0. The summed E-state index contributed by atoms with van der Waals surface area (Å²) in [4.78, 5) is 0. The van der Waals surface area contributed by atoms with E-state index in [-0.39, 0.29) is 5.41 Å². The third-order valence-corrected chi connectivity index (χ3v) is 3.72. The standard InChI is InChI=1S/C11H24O/c1-8(2)11(7,9(3)4)10(5,6)12/h8-9,12H,1-7H3. The molecule has 1 N–H and O–H groups in total. The highest BCUT2D eigenvalue weighted by atomic mass is 16.3. The summed E-state index contributed by atoms with van der Waals surface area (Å²) in [7, 11) is 0. The molecule has 0 heterocycles. The predicted molar refractivity (Wildman–Crippen MR) is 54.1 cm³/mol. The van der Waals surface area contributed by atoms with Crippen molar-refractivity contribution in [3.8, 4) is 0 Å². The molecule has 0 aromatic heterocycles. The van der Waals surface area contributed by atoms with Crippen LogP contribution in [0, 0.1) is 17.3 Å².